The van der Waals surface area contributed by atoms with Gasteiger partial charge in [-0.05, 0) is 30.3 Å². The van der Waals surface area contributed by atoms with Crippen LogP contribution in [0.15, 0.2) is 53.5 Å². The summed E-state index contributed by atoms with van der Waals surface area (Å²) in [6.07, 6.45) is 1.18. The van der Waals surface area contributed by atoms with Crippen molar-refractivity contribution >= 4 is 5.91 Å². The second-order valence-electron chi connectivity index (χ2n) is 3.67. The molecule has 0 unspecified atom stereocenters. The Kier molecular flexibility index (Phi) is 3.57. The van der Waals surface area contributed by atoms with Crippen LogP contribution in [0.1, 0.15) is 5.76 Å². The maximum atomic E-state index is 13.5. The fourth-order valence-electron chi connectivity index (χ4n) is 1.53. The van der Waals surface area contributed by atoms with Crippen molar-refractivity contribution < 1.29 is 13.6 Å². The smallest absolute Gasteiger partial charge is 0.243 e. The molecule has 0 saturated heterocycles. The second kappa shape index (κ2) is 5.31. The van der Waals surface area contributed by atoms with E-state index in [9.17, 15) is 9.18 Å². The molecule has 92 valence electrons. The maximum Gasteiger partial charge on any atom is 0.243 e. The molecule has 1 amide bonds. The van der Waals surface area contributed by atoms with Gasteiger partial charge < -0.3 is 9.73 Å². The Bertz CT molecular complexity index is 575. The standard InChI is InChI=1S/C14H12FNO2/c1-2-14(17)16-9-10-7-8-13(18-10)11-5-3-4-6-12(11)15/h2-8H,1,9H2,(H,16,17). The molecule has 1 heterocycles. The van der Waals surface area contributed by atoms with E-state index < -0.39 is 0 Å². The summed E-state index contributed by atoms with van der Waals surface area (Å²) in [6.45, 7) is 3.59. The van der Waals surface area contributed by atoms with Gasteiger partial charge in [0.2, 0.25) is 5.91 Å². The van der Waals surface area contributed by atoms with E-state index in [1.165, 1.54) is 12.1 Å². The van der Waals surface area contributed by atoms with Crippen molar-refractivity contribution in [3.05, 3.63) is 60.6 Å². The van der Waals surface area contributed by atoms with Crippen molar-refractivity contribution in [2.45, 2.75) is 6.54 Å². The predicted octanol–water partition coefficient (Wildman–Crippen LogP) is 2.89. The Morgan fingerprint density at radius 2 is 2.11 bits per heavy atom. The van der Waals surface area contributed by atoms with Gasteiger partial charge in [0.15, 0.2) is 0 Å². The lowest BCUT2D eigenvalue weighted by atomic mass is 10.1. The molecule has 2 rings (SSSR count). The summed E-state index contributed by atoms with van der Waals surface area (Å²) in [5, 5.41) is 2.58. The van der Waals surface area contributed by atoms with Crippen molar-refractivity contribution in [1.82, 2.24) is 5.32 Å². The van der Waals surface area contributed by atoms with E-state index in [0.29, 0.717) is 17.1 Å². The molecule has 0 aliphatic heterocycles. The molecule has 1 aromatic carbocycles. The van der Waals surface area contributed by atoms with Gasteiger partial charge in [0.1, 0.15) is 17.3 Å². The van der Waals surface area contributed by atoms with Crippen molar-refractivity contribution in [1.29, 1.82) is 0 Å². The largest absolute Gasteiger partial charge is 0.459 e. The molecule has 0 bridgehead atoms. The molecule has 2 aromatic rings. The fourth-order valence-corrected chi connectivity index (χ4v) is 1.53. The van der Waals surface area contributed by atoms with Crippen molar-refractivity contribution in [3.8, 4) is 11.3 Å². The minimum absolute atomic E-state index is 0.249. The minimum atomic E-state index is -0.339. The highest BCUT2D eigenvalue weighted by Crippen LogP contribution is 2.24. The number of furan rings is 1. The molecular weight excluding hydrogens is 233 g/mol. The van der Waals surface area contributed by atoms with Gasteiger partial charge in [0.05, 0.1) is 12.1 Å². The highest BCUT2D eigenvalue weighted by atomic mass is 19.1. The zero-order chi connectivity index (χ0) is 13.0. The number of hydrogen-bond donors (Lipinski definition) is 1. The van der Waals surface area contributed by atoms with Gasteiger partial charge in [-0.2, -0.15) is 0 Å². The zero-order valence-electron chi connectivity index (χ0n) is 9.65. The monoisotopic (exact) mass is 245 g/mol. The van der Waals surface area contributed by atoms with Gasteiger partial charge in [0, 0.05) is 0 Å². The van der Waals surface area contributed by atoms with Gasteiger partial charge in [-0.25, -0.2) is 4.39 Å². The molecule has 1 aromatic heterocycles. The molecule has 0 saturated carbocycles. The van der Waals surface area contributed by atoms with Crippen molar-refractivity contribution in [2.24, 2.45) is 0 Å². The maximum absolute atomic E-state index is 13.5. The quantitative estimate of drug-likeness (QED) is 0.841. The van der Waals surface area contributed by atoms with Gasteiger partial charge in [-0.3, -0.25) is 4.79 Å². The fraction of sp³-hybridized carbons (Fsp3) is 0.0714. The minimum Gasteiger partial charge on any atom is -0.459 e. The average molecular weight is 245 g/mol. The van der Waals surface area contributed by atoms with E-state index in [1.807, 2.05) is 0 Å². The molecule has 0 atom stereocenters. The van der Waals surface area contributed by atoms with Crippen LogP contribution in [0.3, 0.4) is 0 Å². The summed E-state index contributed by atoms with van der Waals surface area (Å²) >= 11 is 0. The molecule has 0 aliphatic carbocycles. The van der Waals surface area contributed by atoms with Gasteiger partial charge in [-0.1, -0.05) is 18.7 Å². The molecule has 0 fully saturated rings. The third-order valence-corrected chi connectivity index (χ3v) is 2.42. The van der Waals surface area contributed by atoms with Crippen LogP contribution in [0.25, 0.3) is 11.3 Å². The number of halogens is 1. The number of benzene rings is 1. The summed E-state index contributed by atoms with van der Waals surface area (Å²) in [5.41, 5.74) is 0.402. The first kappa shape index (κ1) is 12.1. The van der Waals surface area contributed by atoms with Crippen LogP contribution in [0, 0.1) is 5.82 Å². The summed E-state index contributed by atoms with van der Waals surface area (Å²) in [4.78, 5) is 11.0. The van der Waals surface area contributed by atoms with E-state index in [2.05, 4.69) is 11.9 Å². The first-order chi connectivity index (χ1) is 8.70. The SMILES string of the molecule is C=CC(=O)NCc1ccc(-c2ccccc2F)o1. The third kappa shape index (κ3) is 2.66. The molecule has 0 aliphatic rings. The molecule has 0 spiro atoms. The Hall–Kier alpha value is -2.36. The molecule has 1 N–H and O–H groups in total. The van der Waals surface area contributed by atoms with E-state index in [0.717, 1.165) is 0 Å². The van der Waals surface area contributed by atoms with Crippen LogP contribution >= 0.6 is 0 Å². The lowest BCUT2D eigenvalue weighted by Gasteiger charge is -2.00. The summed E-state index contributed by atoms with van der Waals surface area (Å²) in [7, 11) is 0. The van der Waals surface area contributed by atoms with Crippen molar-refractivity contribution in [3.63, 3.8) is 0 Å². The van der Waals surface area contributed by atoms with Gasteiger partial charge in [-0.15, -0.1) is 0 Å². The molecular formula is C14H12FNO2. The average Bonchev–Trinajstić information content (AvgIpc) is 2.85. The first-order valence-corrected chi connectivity index (χ1v) is 5.44. The zero-order valence-corrected chi connectivity index (χ0v) is 9.65. The molecule has 4 heteroatoms. The lowest BCUT2D eigenvalue weighted by Crippen LogP contribution is -2.19. The van der Waals surface area contributed by atoms with Crippen LogP contribution in [-0.2, 0) is 11.3 Å². The Balaban J connectivity index is 2.13. The molecule has 3 nitrogen and oxygen atoms in total. The van der Waals surface area contributed by atoms with Crippen LogP contribution in [-0.4, -0.2) is 5.91 Å². The Morgan fingerprint density at radius 3 is 2.83 bits per heavy atom. The van der Waals surface area contributed by atoms with E-state index in [-0.39, 0.29) is 18.3 Å². The lowest BCUT2D eigenvalue weighted by molar-refractivity contribution is -0.116. The predicted molar refractivity (Wildman–Crippen MR) is 66.1 cm³/mol. The van der Waals surface area contributed by atoms with E-state index in [4.69, 9.17) is 4.42 Å². The number of nitrogens with one attached hydrogen (secondary N) is 1. The normalized spacial score (nSPS) is 10.1. The van der Waals surface area contributed by atoms with E-state index >= 15 is 0 Å². The Morgan fingerprint density at radius 1 is 1.33 bits per heavy atom. The second-order valence-corrected chi connectivity index (χ2v) is 3.67. The third-order valence-electron chi connectivity index (χ3n) is 2.42. The van der Waals surface area contributed by atoms with Gasteiger partial charge in [0.25, 0.3) is 0 Å². The number of carbonyl (C=O) groups excluding carboxylic acids is 1. The summed E-state index contributed by atoms with van der Waals surface area (Å²) < 4.78 is 19.0. The first-order valence-electron chi connectivity index (χ1n) is 5.44. The number of carbonyl (C=O) groups is 1. The highest BCUT2D eigenvalue weighted by molar-refractivity contribution is 5.86. The molecule has 18 heavy (non-hydrogen) atoms. The van der Waals surface area contributed by atoms with Crippen molar-refractivity contribution in [2.75, 3.05) is 0 Å². The molecule has 0 radical (unpaired) electrons. The van der Waals surface area contributed by atoms with Crippen LogP contribution in [0.2, 0.25) is 0 Å². The van der Waals surface area contributed by atoms with E-state index in [1.54, 1.807) is 30.3 Å². The van der Waals surface area contributed by atoms with Crippen LogP contribution in [0.4, 0.5) is 4.39 Å². The van der Waals surface area contributed by atoms with Crippen LogP contribution < -0.4 is 5.32 Å². The van der Waals surface area contributed by atoms with Crippen LogP contribution in [0.5, 0.6) is 0 Å². The topological polar surface area (TPSA) is 42.2 Å². The summed E-state index contributed by atoms with van der Waals surface area (Å²) in [5.74, 6) is 0.381. The summed E-state index contributed by atoms with van der Waals surface area (Å²) in [6, 6.07) is 9.74. The number of rotatable bonds is 4. The Labute approximate surface area is 104 Å². The highest BCUT2D eigenvalue weighted by Gasteiger charge is 2.09. The number of amides is 1. The van der Waals surface area contributed by atoms with Gasteiger partial charge >= 0.3 is 0 Å². The number of hydrogen-bond acceptors (Lipinski definition) is 2.